The zero-order valence-corrected chi connectivity index (χ0v) is 33.7. The molecule has 0 bridgehead atoms. The fourth-order valence-electron chi connectivity index (χ4n) is 8.44. The summed E-state index contributed by atoms with van der Waals surface area (Å²) in [4.78, 5) is 37.4. The number of hydrogen-bond acceptors (Lipinski definition) is 10. The molecular weight excluding hydrogens is 757 g/mol. The Hall–Kier alpha value is -4.67. The zero-order valence-electron chi connectivity index (χ0n) is 32.1. The third-order valence-corrected chi connectivity index (χ3v) is 13.7. The SMILES string of the molecule is CC(C)n1ccc(S(=O)(=O)NC(=O)Cc2c3c(cc4c2CCC4=O)CCC3)n1.CC(C)n1ccc(S(=O)(=O)NC(=O)Cc2c3c(cc4c2CCC4O)CCC3)n1. The van der Waals surface area contributed by atoms with E-state index in [4.69, 9.17) is 0 Å². The van der Waals surface area contributed by atoms with Crippen molar-refractivity contribution < 1.29 is 36.3 Å². The van der Waals surface area contributed by atoms with Crippen molar-refractivity contribution in [1.82, 2.24) is 29.0 Å². The molecule has 2 aromatic carbocycles. The van der Waals surface area contributed by atoms with Crippen molar-refractivity contribution in [3.05, 3.63) is 92.3 Å². The van der Waals surface area contributed by atoms with Crippen molar-refractivity contribution in [2.75, 3.05) is 0 Å². The molecule has 1 atom stereocenters. The van der Waals surface area contributed by atoms with Crippen molar-refractivity contribution in [2.24, 2.45) is 0 Å². The Morgan fingerprint density at radius 3 is 1.71 bits per heavy atom. The van der Waals surface area contributed by atoms with Crippen molar-refractivity contribution in [3.63, 3.8) is 0 Å². The van der Waals surface area contributed by atoms with Crippen LogP contribution in [0.5, 0.6) is 0 Å². The summed E-state index contributed by atoms with van der Waals surface area (Å²) >= 11 is 0. The van der Waals surface area contributed by atoms with Crippen LogP contribution in [0.2, 0.25) is 0 Å². The van der Waals surface area contributed by atoms with Crippen molar-refractivity contribution in [2.45, 2.75) is 133 Å². The highest BCUT2D eigenvalue weighted by Gasteiger charge is 2.32. The second-order valence-corrected chi connectivity index (χ2v) is 18.9. The summed E-state index contributed by atoms with van der Waals surface area (Å²) < 4.78 is 57.5. The first-order valence-electron chi connectivity index (χ1n) is 19.3. The van der Waals surface area contributed by atoms with E-state index in [0.29, 0.717) is 24.8 Å². The molecule has 2 amide bonds. The Morgan fingerprint density at radius 2 is 1.21 bits per heavy atom. The molecule has 3 N–H and O–H groups in total. The van der Waals surface area contributed by atoms with Gasteiger partial charge in [-0.3, -0.25) is 23.7 Å². The lowest BCUT2D eigenvalue weighted by molar-refractivity contribution is -0.119. The lowest BCUT2D eigenvalue weighted by atomic mass is 9.92. The smallest absolute Gasteiger partial charge is 0.283 e. The third-order valence-electron chi connectivity index (χ3n) is 11.2. The van der Waals surface area contributed by atoms with Gasteiger partial charge in [-0.25, -0.2) is 9.44 Å². The minimum Gasteiger partial charge on any atom is -0.388 e. The van der Waals surface area contributed by atoms with Gasteiger partial charge in [0.05, 0.1) is 18.9 Å². The number of hydrogen-bond donors (Lipinski definition) is 3. The summed E-state index contributed by atoms with van der Waals surface area (Å²) in [5, 5.41) is 18.0. The van der Waals surface area contributed by atoms with Crippen LogP contribution in [0.15, 0.2) is 46.7 Å². The molecule has 4 aliphatic rings. The number of carbonyl (C=O) groups is 3. The van der Waals surface area contributed by atoms with Gasteiger partial charge in [-0.1, -0.05) is 6.07 Å². The summed E-state index contributed by atoms with van der Waals surface area (Å²) in [7, 11) is -8.04. The molecule has 4 aliphatic carbocycles. The lowest BCUT2D eigenvalue weighted by Crippen LogP contribution is -2.32. The molecule has 1 unspecified atom stereocenters. The van der Waals surface area contributed by atoms with E-state index in [-0.39, 0.29) is 40.8 Å². The average molecular weight is 805 g/mol. The molecule has 16 heteroatoms. The van der Waals surface area contributed by atoms with Crippen LogP contribution in [0.3, 0.4) is 0 Å². The molecular formula is C40H48N6O8S2. The fourth-order valence-corrected chi connectivity index (χ4v) is 10.3. The van der Waals surface area contributed by atoms with Crippen LogP contribution in [-0.2, 0) is 81.0 Å². The van der Waals surface area contributed by atoms with Crippen molar-refractivity contribution in [1.29, 1.82) is 0 Å². The number of nitrogens with one attached hydrogen (secondary N) is 2. The molecule has 298 valence electrons. The van der Waals surface area contributed by atoms with Crippen LogP contribution < -0.4 is 9.44 Å². The summed E-state index contributed by atoms with van der Waals surface area (Å²) in [6, 6.07) is 6.87. The molecule has 0 fully saturated rings. The van der Waals surface area contributed by atoms with Crippen LogP contribution >= 0.6 is 0 Å². The van der Waals surface area contributed by atoms with E-state index in [1.54, 1.807) is 12.4 Å². The number of fused-ring (bicyclic) bond motifs is 4. The quantitative estimate of drug-likeness (QED) is 0.210. The number of benzene rings is 2. The monoisotopic (exact) mass is 804 g/mol. The second-order valence-electron chi connectivity index (χ2n) is 15.6. The first-order chi connectivity index (χ1) is 26.5. The molecule has 0 radical (unpaired) electrons. The number of aromatic nitrogens is 4. The number of carbonyl (C=O) groups excluding carboxylic acids is 3. The second kappa shape index (κ2) is 15.3. The Kier molecular flexibility index (Phi) is 10.8. The number of Topliss-reactive ketones (excluding diaryl/α,β-unsaturated/α-hetero) is 1. The van der Waals surface area contributed by atoms with Gasteiger partial charge in [0.2, 0.25) is 11.8 Å². The molecule has 2 heterocycles. The van der Waals surface area contributed by atoms with Crippen LogP contribution in [-0.4, -0.2) is 59.1 Å². The topological polar surface area (TPSA) is 199 Å². The molecule has 0 saturated heterocycles. The minimum atomic E-state index is -4.03. The Balaban J connectivity index is 0.000000172. The van der Waals surface area contributed by atoms with Gasteiger partial charge in [0.25, 0.3) is 20.0 Å². The van der Waals surface area contributed by atoms with E-state index >= 15 is 0 Å². The Bertz CT molecular complexity index is 2460. The predicted octanol–water partition coefficient (Wildman–Crippen LogP) is 4.11. The van der Waals surface area contributed by atoms with E-state index in [0.717, 1.165) is 89.5 Å². The summed E-state index contributed by atoms with van der Waals surface area (Å²) in [6.07, 6.45) is 10.7. The first kappa shape index (κ1) is 39.6. The summed E-state index contributed by atoms with van der Waals surface area (Å²) in [5.41, 5.74) is 9.88. The van der Waals surface area contributed by atoms with Gasteiger partial charge >= 0.3 is 0 Å². The zero-order chi connectivity index (χ0) is 40.1. The molecule has 4 aromatic rings. The first-order valence-corrected chi connectivity index (χ1v) is 22.2. The predicted molar refractivity (Wildman–Crippen MR) is 206 cm³/mol. The number of sulfonamides is 2. The molecule has 0 spiro atoms. The minimum absolute atomic E-state index is 0.00233. The van der Waals surface area contributed by atoms with Crippen LogP contribution in [0.1, 0.15) is 132 Å². The number of nitrogens with zero attached hydrogens (tertiary/aromatic N) is 4. The van der Waals surface area contributed by atoms with E-state index in [9.17, 15) is 36.3 Å². The summed E-state index contributed by atoms with van der Waals surface area (Å²) in [6.45, 7) is 7.57. The van der Waals surface area contributed by atoms with Crippen LogP contribution in [0.4, 0.5) is 0 Å². The van der Waals surface area contributed by atoms with Crippen LogP contribution in [0, 0.1) is 0 Å². The Labute approximate surface area is 327 Å². The number of aliphatic hydroxyl groups excluding tert-OH is 1. The lowest BCUT2D eigenvalue weighted by Gasteiger charge is -2.15. The highest BCUT2D eigenvalue weighted by atomic mass is 32.2. The maximum Gasteiger partial charge on any atom is 0.283 e. The molecule has 2 aromatic heterocycles. The van der Waals surface area contributed by atoms with Gasteiger partial charge < -0.3 is 5.11 Å². The number of aryl methyl sites for hydroxylation is 2. The van der Waals surface area contributed by atoms with Gasteiger partial charge in [-0.15, -0.1) is 0 Å². The summed E-state index contributed by atoms with van der Waals surface area (Å²) in [5.74, 6) is -1.05. The van der Waals surface area contributed by atoms with E-state index < -0.39 is 38.0 Å². The average Bonchev–Trinajstić information content (AvgIpc) is 3.98. The van der Waals surface area contributed by atoms with E-state index in [1.807, 2.05) is 33.8 Å². The van der Waals surface area contributed by atoms with Crippen LogP contribution in [0.25, 0.3) is 0 Å². The third kappa shape index (κ3) is 7.83. The molecule has 14 nitrogen and oxygen atoms in total. The van der Waals surface area contributed by atoms with Crippen molar-refractivity contribution >= 4 is 37.6 Å². The van der Waals surface area contributed by atoms with E-state index in [1.165, 1.54) is 27.1 Å². The maximum absolute atomic E-state index is 12.6. The van der Waals surface area contributed by atoms with Gasteiger partial charge in [0.1, 0.15) is 0 Å². The molecule has 0 aliphatic heterocycles. The number of rotatable bonds is 10. The van der Waals surface area contributed by atoms with E-state index in [2.05, 4.69) is 25.7 Å². The normalized spacial score (nSPS) is 17.1. The van der Waals surface area contributed by atoms with Gasteiger partial charge in [0.15, 0.2) is 15.8 Å². The van der Waals surface area contributed by atoms with Crippen molar-refractivity contribution in [3.8, 4) is 0 Å². The maximum atomic E-state index is 12.6. The molecule has 56 heavy (non-hydrogen) atoms. The highest BCUT2D eigenvalue weighted by Crippen LogP contribution is 2.40. The van der Waals surface area contributed by atoms with Gasteiger partial charge in [-0.05, 0) is 154 Å². The number of aliphatic hydroxyl groups is 1. The Morgan fingerprint density at radius 1 is 0.714 bits per heavy atom. The number of ketones is 1. The molecule has 8 rings (SSSR count). The largest absolute Gasteiger partial charge is 0.388 e. The highest BCUT2D eigenvalue weighted by molar-refractivity contribution is 7.90. The number of amides is 2. The van der Waals surface area contributed by atoms with Gasteiger partial charge in [-0.2, -0.15) is 27.0 Å². The standard InChI is InChI=1S/C20H25N3O4S.C20H23N3O4S/c2*1-12(2)23-9-8-20(21-23)28(26,27)22-19(25)11-16-14-5-3-4-13(14)10-17-15(16)6-7-18(17)24/h8-10,12,18,24H,3-7,11H2,1-2H3,(H,22,25);8-10,12H,3-7,11H2,1-2H3,(H,22,25). The molecule has 0 saturated carbocycles. The fraction of sp³-hybridized carbons (Fsp3) is 0.475. The van der Waals surface area contributed by atoms with Gasteiger partial charge in [0, 0.05) is 36.5 Å².